The molecule has 1 aromatic rings. The van der Waals surface area contributed by atoms with Crippen LogP contribution in [0.25, 0.3) is 0 Å². The van der Waals surface area contributed by atoms with Gasteiger partial charge in [0.2, 0.25) is 0 Å². The number of rotatable bonds is 2. The lowest BCUT2D eigenvalue weighted by molar-refractivity contribution is 0.660. The van der Waals surface area contributed by atoms with Crippen LogP contribution in [0.2, 0.25) is 0 Å². The zero-order valence-corrected chi connectivity index (χ0v) is 7.07. The van der Waals surface area contributed by atoms with Crippen molar-refractivity contribution in [2.75, 3.05) is 6.54 Å². The Kier molecular flexibility index (Phi) is 1.78. The van der Waals surface area contributed by atoms with Gasteiger partial charge in [-0.15, -0.1) is 0 Å². The topological polar surface area (TPSA) is 30.2 Å². The molecule has 3 heteroatoms. The maximum atomic E-state index is 4.31. The van der Waals surface area contributed by atoms with Crippen LogP contribution in [0.3, 0.4) is 0 Å². The number of aliphatic imine (C=N–C) groups is 1. The first-order valence-electron chi connectivity index (χ1n) is 4.14. The van der Waals surface area contributed by atoms with Crippen molar-refractivity contribution in [2.24, 2.45) is 4.99 Å². The van der Waals surface area contributed by atoms with Gasteiger partial charge in [-0.25, -0.2) is 0 Å². The molecule has 0 saturated carbocycles. The van der Waals surface area contributed by atoms with Gasteiger partial charge in [-0.2, -0.15) is 5.10 Å². The summed E-state index contributed by atoms with van der Waals surface area (Å²) in [4.78, 5) is 4.31. The van der Waals surface area contributed by atoms with Gasteiger partial charge >= 0.3 is 0 Å². The second-order valence-electron chi connectivity index (χ2n) is 2.71. The molecule has 1 aliphatic heterocycles. The van der Waals surface area contributed by atoms with E-state index in [0.717, 1.165) is 24.4 Å². The van der Waals surface area contributed by atoms with E-state index >= 15 is 0 Å². The van der Waals surface area contributed by atoms with E-state index in [-0.39, 0.29) is 0 Å². The SMILES string of the molecule is CCn1cc(C2=NCC=C2)cn1. The van der Waals surface area contributed by atoms with Crippen LogP contribution in [0.15, 0.2) is 29.5 Å². The Labute approximate surface area is 71.4 Å². The van der Waals surface area contributed by atoms with Crippen molar-refractivity contribution in [3.8, 4) is 0 Å². The quantitative estimate of drug-likeness (QED) is 0.642. The van der Waals surface area contributed by atoms with E-state index in [2.05, 4.69) is 23.1 Å². The number of aryl methyl sites for hydroxylation is 1. The molecule has 0 aromatic carbocycles. The molecule has 1 aliphatic rings. The molecular weight excluding hydrogens is 150 g/mol. The third-order valence-electron chi connectivity index (χ3n) is 1.90. The Morgan fingerprint density at radius 3 is 3.08 bits per heavy atom. The van der Waals surface area contributed by atoms with Crippen LogP contribution in [0, 0.1) is 0 Å². The summed E-state index contributed by atoms with van der Waals surface area (Å²) in [6, 6.07) is 0. The van der Waals surface area contributed by atoms with Gasteiger partial charge in [0, 0.05) is 18.3 Å². The Morgan fingerprint density at radius 2 is 2.50 bits per heavy atom. The first-order chi connectivity index (χ1) is 5.90. The highest BCUT2D eigenvalue weighted by atomic mass is 15.3. The van der Waals surface area contributed by atoms with Crippen LogP contribution in [-0.2, 0) is 6.54 Å². The van der Waals surface area contributed by atoms with Crippen LogP contribution < -0.4 is 0 Å². The molecule has 0 spiro atoms. The van der Waals surface area contributed by atoms with Crippen molar-refractivity contribution in [3.05, 3.63) is 30.1 Å². The van der Waals surface area contributed by atoms with Gasteiger partial charge in [0.25, 0.3) is 0 Å². The first-order valence-corrected chi connectivity index (χ1v) is 4.14. The molecular formula is C9H11N3. The number of nitrogens with zero attached hydrogens (tertiary/aromatic N) is 3. The van der Waals surface area contributed by atoms with Gasteiger partial charge in [0.1, 0.15) is 0 Å². The van der Waals surface area contributed by atoms with Gasteiger partial charge in [-0.1, -0.05) is 6.08 Å². The van der Waals surface area contributed by atoms with E-state index in [9.17, 15) is 0 Å². The Hall–Kier alpha value is -1.38. The molecule has 0 radical (unpaired) electrons. The fraction of sp³-hybridized carbons (Fsp3) is 0.333. The normalized spacial score (nSPS) is 15.2. The summed E-state index contributed by atoms with van der Waals surface area (Å²) in [6.45, 7) is 3.80. The second-order valence-corrected chi connectivity index (χ2v) is 2.71. The predicted octanol–water partition coefficient (Wildman–Crippen LogP) is 1.26. The minimum atomic E-state index is 0.812. The molecule has 0 N–H and O–H groups in total. The minimum Gasteiger partial charge on any atom is -0.281 e. The van der Waals surface area contributed by atoms with Gasteiger partial charge in [-0.3, -0.25) is 9.67 Å². The van der Waals surface area contributed by atoms with Gasteiger partial charge in [0.15, 0.2) is 0 Å². The third kappa shape index (κ3) is 1.18. The smallest absolute Gasteiger partial charge is 0.0679 e. The molecule has 0 aliphatic carbocycles. The maximum Gasteiger partial charge on any atom is 0.0679 e. The van der Waals surface area contributed by atoms with Crippen molar-refractivity contribution in [3.63, 3.8) is 0 Å². The fourth-order valence-electron chi connectivity index (χ4n) is 1.22. The number of aromatic nitrogens is 2. The summed E-state index contributed by atoms with van der Waals surface area (Å²) >= 11 is 0. The lowest BCUT2D eigenvalue weighted by atomic mass is 10.2. The Balaban J connectivity index is 2.28. The number of allylic oxidation sites excluding steroid dienone is 1. The highest BCUT2D eigenvalue weighted by Gasteiger charge is 2.04. The molecule has 0 amide bonds. The van der Waals surface area contributed by atoms with Crippen LogP contribution in [0.5, 0.6) is 0 Å². The minimum absolute atomic E-state index is 0.812. The molecule has 0 atom stereocenters. The van der Waals surface area contributed by atoms with E-state index in [0.29, 0.717) is 0 Å². The summed E-state index contributed by atoms with van der Waals surface area (Å²) in [6.07, 6.45) is 7.97. The average Bonchev–Trinajstić information content (AvgIpc) is 2.75. The fourth-order valence-corrected chi connectivity index (χ4v) is 1.22. The van der Waals surface area contributed by atoms with Crippen LogP contribution in [0.4, 0.5) is 0 Å². The van der Waals surface area contributed by atoms with Gasteiger partial charge in [0.05, 0.1) is 18.5 Å². The van der Waals surface area contributed by atoms with Crippen molar-refractivity contribution in [1.82, 2.24) is 9.78 Å². The van der Waals surface area contributed by atoms with Gasteiger partial charge in [-0.05, 0) is 13.0 Å². The van der Waals surface area contributed by atoms with Gasteiger partial charge < -0.3 is 0 Å². The zero-order chi connectivity index (χ0) is 8.39. The Morgan fingerprint density at radius 1 is 1.58 bits per heavy atom. The van der Waals surface area contributed by atoms with E-state index < -0.39 is 0 Å². The second kappa shape index (κ2) is 2.93. The first kappa shape index (κ1) is 7.28. The summed E-state index contributed by atoms with van der Waals surface area (Å²) in [5.74, 6) is 0. The summed E-state index contributed by atoms with van der Waals surface area (Å²) in [5.41, 5.74) is 2.17. The third-order valence-corrected chi connectivity index (χ3v) is 1.90. The van der Waals surface area contributed by atoms with Crippen LogP contribution in [0.1, 0.15) is 12.5 Å². The molecule has 12 heavy (non-hydrogen) atoms. The zero-order valence-electron chi connectivity index (χ0n) is 7.07. The summed E-state index contributed by atoms with van der Waals surface area (Å²) < 4.78 is 1.91. The van der Waals surface area contributed by atoms with E-state index in [4.69, 9.17) is 0 Å². The molecule has 1 aromatic heterocycles. The molecule has 0 bridgehead atoms. The van der Waals surface area contributed by atoms with E-state index in [1.165, 1.54) is 0 Å². The molecule has 62 valence electrons. The maximum absolute atomic E-state index is 4.31. The summed E-state index contributed by atoms with van der Waals surface area (Å²) in [7, 11) is 0. The van der Waals surface area contributed by atoms with Crippen molar-refractivity contribution in [2.45, 2.75) is 13.5 Å². The largest absolute Gasteiger partial charge is 0.281 e. The lowest BCUT2D eigenvalue weighted by Crippen LogP contribution is -1.94. The monoisotopic (exact) mass is 161 g/mol. The molecule has 2 heterocycles. The predicted molar refractivity (Wildman–Crippen MR) is 48.4 cm³/mol. The van der Waals surface area contributed by atoms with Crippen molar-refractivity contribution < 1.29 is 0 Å². The standard InChI is InChI=1S/C9H11N3/c1-2-12-7-8(6-11-12)9-4-3-5-10-9/h3-4,6-7H,2,5H2,1H3. The Bertz CT molecular complexity index is 333. The number of hydrogen-bond acceptors (Lipinski definition) is 2. The molecule has 2 rings (SSSR count). The lowest BCUT2D eigenvalue weighted by Gasteiger charge is -1.91. The van der Waals surface area contributed by atoms with Crippen LogP contribution in [-0.4, -0.2) is 22.0 Å². The molecule has 3 nitrogen and oxygen atoms in total. The van der Waals surface area contributed by atoms with E-state index in [1.807, 2.05) is 23.2 Å². The molecule has 0 fully saturated rings. The van der Waals surface area contributed by atoms with Crippen LogP contribution >= 0.6 is 0 Å². The highest BCUT2D eigenvalue weighted by molar-refractivity contribution is 6.09. The van der Waals surface area contributed by atoms with Crippen molar-refractivity contribution in [1.29, 1.82) is 0 Å². The average molecular weight is 161 g/mol. The summed E-state index contributed by atoms with van der Waals surface area (Å²) in [5, 5.41) is 4.18. The highest BCUT2D eigenvalue weighted by Crippen LogP contribution is 2.05. The van der Waals surface area contributed by atoms with Crippen molar-refractivity contribution >= 4 is 5.71 Å². The molecule has 0 saturated heterocycles. The van der Waals surface area contributed by atoms with E-state index in [1.54, 1.807) is 0 Å². The number of hydrogen-bond donors (Lipinski definition) is 0. The molecule has 0 unspecified atom stereocenters.